The zero-order chi connectivity index (χ0) is 19.7. The zero-order valence-corrected chi connectivity index (χ0v) is 17.3. The molecular formula is C24H34N2O2. The summed E-state index contributed by atoms with van der Waals surface area (Å²) in [6.07, 6.45) is 7.99. The molecule has 4 saturated carbocycles. The molecular weight excluding hydrogens is 348 g/mol. The Bertz CT molecular complexity index is 679. The molecule has 0 saturated heterocycles. The summed E-state index contributed by atoms with van der Waals surface area (Å²) in [4.78, 5) is 28.0. The largest absolute Gasteiger partial charge is 0.347 e. The lowest BCUT2D eigenvalue weighted by molar-refractivity contribution is -0.148. The van der Waals surface area contributed by atoms with Crippen molar-refractivity contribution in [2.45, 2.75) is 71.4 Å². The van der Waals surface area contributed by atoms with Gasteiger partial charge in [-0.05, 0) is 75.2 Å². The van der Waals surface area contributed by atoms with Crippen molar-refractivity contribution in [2.24, 2.45) is 23.2 Å². The molecule has 0 radical (unpaired) electrons. The van der Waals surface area contributed by atoms with Crippen LogP contribution in [0.3, 0.4) is 0 Å². The van der Waals surface area contributed by atoms with E-state index >= 15 is 0 Å². The Hall–Kier alpha value is -1.84. The first kappa shape index (κ1) is 19.5. The molecule has 4 bridgehead atoms. The summed E-state index contributed by atoms with van der Waals surface area (Å²) in [5, 5.41) is 3.05. The molecule has 2 amide bonds. The van der Waals surface area contributed by atoms with E-state index in [9.17, 15) is 9.59 Å². The number of hydrogen-bond donors (Lipinski definition) is 1. The first-order chi connectivity index (χ1) is 13.5. The smallest absolute Gasteiger partial charge is 0.242 e. The predicted molar refractivity (Wildman–Crippen MR) is 110 cm³/mol. The van der Waals surface area contributed by atoms with Crippen molar-refractivity contribution < 1.29 is 9.59 Å². The Morgan fingerprint density at radius 3 is 2.18 bits per heavy atom. The number of amides is 2. The van der Waals surface area contributed by atoms with E-state index in [-0.39, 0.29) is 29.8 Å². The normalized spacial score (nSPS) is 31.4. The van der Waals surface area contributed by atoms with Crippen LogP contribution in [0, 0.1) is 23.2 Å². The number of carbonyl (C=O) groups excluding carboxylic acids is 2. The summed E-state index contributed by atoms with van der Waals surface area (Å²) in [5.41, 5.74) is 0.943. The van der Waals surface area contributed by atoms with Crippen molar-refractivity contribution in [2.75, 3.05) is 6.54 Å². The van der Waals surface area contributed by atoms with E-state index < -0.39 is 0 Å². The topological polar surface area (TPSA) is 49.4 Å². The number of nitrogens with zero attached hydrogens (tertiary/aromatic N) is 1. The molecule has 0 heterocycles. The molecule has 4 fully saturated rings. The van der Waals surface area contributed by atoms with Crippen LogP contribution in [0.1, 0.15) is 64.4 Å². The summed E-state index contributed by atoms with van der Waals surface area (Å²) < 4.78 is 0. The van der Waals surface area contributed by atoms with Crippen LogP contribution in [0.5, 0.6) is 0 Å². The van der Waals surface area contributed by atoms with E-state index in [1.807, 2.05) is 23.1 Å². The number of benzene rings is 1. The van der Waals surface area contributed by atoms with E-state index in [1.165, 1.54) is 19.3 Å². The zero-order valence-electron chi connectivity index (χ0n) is 17.3. The molecule has 4 nitrogen and oxygen atoms in total. The van der Waals surface area contributed by atoms with Gasteiger partial charge in [0.05, 0.1) is 6.54 Å². The standard InChI is InChI=1S/C24H34N2O2/c1-3-17(2)26(16-18-7-5-4-6-8-18)22(27)15-25-23(28)24-12-19-9-20(13-24)11-21(10-19)14-24/h4-8,17,19-21H,3,9-16H2,1-2H3,(H,25,28). The molecule has 0 aliphatic heterocycles. The molecule has 1 aromatic carbocycles. The second kappa shape index (κ2) is 7.88. The monoisotopic (exact) mass is 382 g/mol. The van der Waals surface area contributed by atoms with E-state index in [4.69, 9.17) is 0 Å². The highest BCUT2D eigenvalue weighted by atomic mass is 16.2. The molecule has 1 aromatic rings. The number of nitrogens with one attached hydrogen (secondary N) is 1. The third-order valence-electron chi connectivity index (χ3n) is 7.56. The fourth-order valence-electron chi connectivity index (χ4n) is 6.32. The van der Waals surface area contributed by atoms with Gasteiger partial charge < -0.3 is 10.2 Å². The third-order valence-corrected chi connectivity index (χ3v) is 7.56. The molecule has 1 atom stereocenters. The van der Waals surface area contributed by atoms with Crippen molar-refractivity contribution in [1.29, 1.82) is 0 Å². The summed E-state index contributed by atoms with van der Waals surface area (Å²) in [7, 11) is 0. The van der Waals surface area contributed by atoms with Gasteiger partial charge in [-0.1, -0.05) is 37.3 Å². The van der Waals surface area contributed by atoms with Crippen LogP contribution in [-0.4, -0.2) is 29.3 Å². The van der Waals surface area contributed by atoms with Crippen LogP contribution in [-0.2, 0) is 16.1 Å². The Balaban J connectivity index is 1.38. The van der Waals surface area contributed by atoms with Gasteiger partial charge in [-0.25, -0.2) is 0 Å². The molecule has 0 aromatic heterocycles. The van der Waals surface area contributed by atoms with Gasteiger partial charge in [-0.15, -0.1) is 0 Å². The quantitative estimate of drug-likeness (QED) is 0.770. The van der Waals surface area contributed by atoms with Crippen molar-refractivity contribution in [3.63, 3.8) is 0 Å². The Morgan fingerprint density at radius 2 is 1.64 bits per heavy atom. The van der Waals surface area contributed by atoms with Gasteiger partial charge in [0.2, 0.25) is 11.8 Å². The lowest BCUT2D eigenvalue weighted by Gasteiger charge is -2.55. The van der Waals surface area contributed by atoms with Crippen LogP contribution in [0.2, 0.25) is 0 Å². The van der Waals surface area contributed by atoms with Crippen LogP contribution >= 0.6 is 0 Å². The van der Waals surface area contributed by atoms with Gasteiger partial charge in [0.25, 0.3) is 0 Å². The maximum Gasteiger partial charge on any atom is 0.242 e. The van der Waals surface area contributed by atoms with Gasteiger partial charge in [0.1, 0.15) is 0 Å². The third kappa shape index (κ3) is 3.83. The number of rotatable bonds is 7. The first-order valence-corrected chi connectivity index (χ1v) is 11.1. The van der Waals surface area contributed by atoms with E-state index in [0.29, 0.717) is 6.54 Å². The van der Waals surface area contributed by atoms with Crippen molar-refractivity contribution in [1.82, 2.24) is 10.2 Å². The van der Waals surface area contributed by atoms with Crippen molar-refractivity contribution in [3.8, 4) is 0 Å². The predicted octanol–water partition coefficient (Wildman–Crippen LogP) is 4.15. The molecule has 152 valence electrons. The maximum absolute atomic E-state index is 13.1. The molecule has 1 unspecified atom stereocenters. The lowest BCUT2D eigenvalue weighted by Crippen LogP contribution is -2.55. The highest BCUT2D eigenvalue weighted by Crippen LogP contribution is 2.60. The molecule has 0 spiro atoms. The average molecular weight is 383 g/mol. The molecule has 1 N–H and O–H groups in total. The van der Waals surface area contributed by atoms with Crippen molar-refractivity contribution in [3.05, 3.63) is 35.9 Å². The van der Waals surface area contributed by atoms with E-state index in [0.717, 1.165) is 49.0 Å². The minimum absolute atomic E-state index is 0.0243. The minimum atomic E-state index is -0.185. The average Bonchev–Trinajstić information content (AvgIpc) is 2.69. The number of hydrogen-bond acceptors (Lipinski definition) is 2. The fourth-order valence-corrected chi connectivity index (χ4v) is 6.32. The lowest BCUT2D eigenvalue weighted by atomic mass is 9.49. The summed E-state index contributed by atoms with van der Waals surface area (Å²) >= 11 is 0. The number of carbonyl (C=O) groups is 2. The summed E-state index contributed by atoms with van der Waals surface area (Å²) in [6, 6.07) is 10.3. The second-order valence-corrected chi connectivity index (χ2v) is 9.65. The van der Waals surface area contributed by atoms with Crippen LogP contribution in [0.25, 0.3) is 0 Å². The highest BCUT2D eigenvalue weighted by molar-refractivity contribution is 5.88. The van der Waals surface area contributed by atoms with Crippen LogP contribution in [0.15, 0.2) is 30.3 Å². The van der Waals surface area contributed by atoms with E-state index in [1.54, 1.807) is 0 Å². The minimum Gasteiger partial charge on any atom is -0.347 e. The summed E-state index contributed by atoms with van der Waals surface area (Å²) in [5.74, 6) is 2.38. The van der Waals surface area contributed by atoms with Gasteiger partial charge in [0.15, 0.2) is 0 Å². The Kier molecular flexibility index (Phi) is 5.48. The van der Waals surface area contributed by atoms with Crippen molar-refractivity contribution >= 4 is 11.8 Å². The maximum atomic E-state index is 13.1. The molecule has 28 heavy (non-hydrogen) atoms. The molecule has 4 aliphatic carbocycles. The van der Waals surface area contributed by atoms with Gasteiger partial charge in [0, 0.05) is 18.0 Å². The first-order valence-electron chi connectivity index (χ1n) is 11.1. The van der Waals surface area contributed by atoms with Crippen LogP contribution < -0.4 is 5.32 Å². The van der Waals surface area contributed by atoms with Gasteiger partial charge in [-0.3, -0.25) is 9.59 Å². The Labute approximate surface area is 169 Å². The SMILES string of the molecule is CCC(C)N(Cc1ccccc1)C(=O)CNC(=O)C12CC3CC(CC(C3)C1)C2. The summed E-state index contributed by atoms with van der Waals surface area (Å²) in [6.45, 7) is 4.91. The van der Waals surface area contributed by atoms with E-state index in [2.05, 4.69) is 31.3 Å². The highest BCUT2D eigenvalue weighted by Gasteiger charge is 2.54. The van der Waals surface area contributed by atoms with Gasteiger partial charge in [-0.2, -0.15) is 0 Å². The Morgan fingerprint density at radius 1 is 1.07 bits per heavy atom. The molecule has 4 aliphatic rings. The second-order valence-electron chi connectivity index (χ2n) is 9.65. The molecule has 5 rings (SSSR count). The molecule has 4 heteroatoms. The van der Waals surface area contributed by atoms with Gasteiger partial charge >= 0.3 is 0 Å². The van der Waals surface area contributed by atoms with Crippen LogP contribution in [0.4, 0.5) is 0 Å². The fraction of sp³-hybridized carbons (Fsp3) is 0.667.